The molecule has 0 fully saturated rings. The van der Waals surface area contributed by atoms with E-state index in [0.717, 1.165) is 40.6 Å². The van der Waals surface area contributed by atoms with Crippen molar-refractivity contribution in [2.24, 2.45) is 0 Å². The van der Waals surface area contributed by atoms with E-state index in [1.165, 1.54) is 0 Å². The van der Waals surface area contributed by atoms with Crippen LogP contribution in [0.5, 0.6) is 5.75 Å². The number of aromatic amines is 1. The van der Waals surface area contributed by atoms with Gasteiger partial charge in [-0.2, -0.15) is 0 Å². The lowest BCUT2D eigenvalue weighted by Crippen LogP contribution is -1.87. The molecule has 0 unspecified atom stereocenters. The largest absolute Gasteiger partial charge is 0.497 e. The summed E-state index contributed by atoms with van der Waals surface area (Å²) in [6.45, 7) is 3.37. The second-order valence-electron chi connectivity index (χ2n) is 5.55. The fraction of sp³-hybridized carbons (Fsp3) is 0.190. The molecule has 2 aromatic carbocycles. The number of nitrogens with one attached hydrogen (secondary N) is 1. The molecule has 0 aliphatic heterocycles. The van der Waals surface area contributed by atoms with Crippen molar-refractivity contribution in [2.75, 3.05) is 20.3 Å². The molecule has 0 spiro atoms. The molecule has 0 aliphatic rings. The number of hydrogen-bond donors (Lipinski definition) is 1. The first kappa shape index (κ1) is 17.0. The molecule has 4 heteroatoms. The maximum atomic E-state index is 5.30. The molecule has 3 rings (SSSR count). The van der Waals surface area contributed by atoms with Gasteiger partial charge in [0, 0.05) is 23.9 Å². The van der Waals surface area contributed by atoms with Crippen LogP contribution in [0.2, 0.25) is 0 Å². The van der Waals surface area contributed by atoms with E-state index in [1.54, 1.807) is 7.11 Å². The van der Waals surface area contributed by atoms with Crippen LogP contribution in [0.4, 0.5) is 0 Å². The van der Waals surface area contributed by atoms with Gasteiger partial charge in [-0.05, 0) is 36.8 Å². The highest BCUT2D eigenvalue weighted by Gasteiger charge is 2.06. The SMILES string of the molecule is CCOCC=Cc1ccc(-c2nc(-c3ccc(OC)cc3)c[nH]2)cc1. The first-order valence-corrected chi connectivity index (χ1v) is 8.34. The third-order valence-corrected chi connectivity index (χ3v) is 3.88. The Labute approximate surface area is 148 Å². The van der Waals surface area contributed by atoms with E-state index in [2.05, 4.69) is 40.3 Å². The molecule has 0 atom stereocenters. The van der Waals surface area contributed by atoms with Gasteiger partial charge >= 0.3 is 0 Å². The van der Waals surface area contributed by atoms with Crippen molar-refractivity contribution in [1.29, 1.82) is 0 Å². The Morgan fingerprint density at radius 2 is 1.72 bits per heavy atom. The standard InChI is InChI=1S/C21H22N2O2/c1-3-25-14-4-5-16-6-8-18(9-7-16)21-22-15-20(23-21)17-10-12-19(24-2)13-11-17/h4-13,15H,3,14H2,1-2H3,(H,22,23). The number of methoxy groups -OCH3 is 1. The number of aromatic nitrogens is 2. The number of rotatable bonds is 7. The van der Waals surface area contributed by atoms with Gasteiger partial charge in [-0.3, -0.25) is 0 Å². The number of benzene rings is 2. The molecule has 4 nitrogen and oxygen atoms in total. The average molecular weight is 334 g/mol. The molecule has 0 radical (unpaired) electrons. The van der Waals surface area contributed by atoms with Crippen molar-refractivity contribution in [3.8, 4) is 28.4 Å². The number of hydrogen-bond acceptors (Lipinski definition) is 3. The molecule has 128 valence electrons. The van der Waals surface area contributed by atoms with Gasteiger partial charge in [-0.1, -0.05) is 36.4 Å². The molecular formula is C21H22N2O2. The van der Waals surface area contributed by atoms with Crippen molar-refractivity contribution in [1.82, 2.24) is 9.97 Å². The lowest BCUT2D eigenvalue weighted by atomic mass is 10.1. The van der Waals surface area contributed by atoms with Gasteiger partial charge in [-0.25, -0.2) is 4.98 Å². The summed E-state index contributed by atoms with van der Waals surface area (Å²) in [5, 5.41) is 0. The summed E-state index contributed by atoms with van der Waals surface area (Å²) in [6.07, 6.45) is 6.00. The molecule has 25 heavy (non-hydrogen) atoms. The van der Waals surface area contributed by atoms with Crippen molar-refractivity contribution in [3.05, 3.63) is 66.4 Å². The Balaban J connectivity index is 1.72. The van der Waals surface area contributed by atoms with Gasteiger partial charge in [0.05, 0.1) is 19.4 Å². The van der Waals surface area contributed by atoms with Gasteiger partial charge in [0.1, 0.15) is 11.6 Å². The predicted octanol–water partition coefficient (Wildman–Crippen LogP) is 4.80. The molecular weight excluding hydrogens is 312 g/mol. The average Bonchev–Trinajstić information content (AvgIpc) is 3.16. The zero-order chi connectivity index (χ0) is 17.5. The summed E-state index contributed by atoms with van der Waals surface area (Å²) in [5.74, 6) is 1.70. The molecule has 1 heterocycles. The zero-order valence-electron chi connectivity index (χ0n) is 14.5. The molecule has 0 aliphatic carbocycles. The van der Waals surface area contributed by atoms with Crippen LogP contribution in [0.3, 0.4) is 0 Å². The van der Waals surface area contributed by atoms with E-state index in [9.17, 15) is 0 Å². The van der Waals surface area contributed by atoms with Crippen molar-refractivity contribution >= 4 is 6.08 Å². The molecule has 0 bridgehead atoms. The zero-order valence-corrected chi connectivity index (χ0v) is 14.5. The van der Waals surface area contributed by atoms with Crippen LogP contribution in [0.15, 0.2) is 60.8 Å². The van der Waals surface area contributed by atoms with Crippen LogP contribution in [-0.4, -0.2) is 30.3 Å². The summed E-state index contributed by atoms with van der Waals surface area (Å²) >= 11 is 0. The van der Waals surface area contributed by atoms with E-state index < -0.39 is 0 Å². The number of H-pyrrole nitrogens is 1. The summed E-state index contributed by atoms with van der Waals surface area (Å²) in [5.41, 5.74) is 4.17. The van der Waals surface area contributed by atoms with Gasteiger partial charge < -0.3 is 14.5 Å². The Hall–Kier alpha value is -2.85. The van der Waals surface area contributed by atoms with Gasteiger partial charge in [0.15, 0.2) is 0 Å². The van der Waals surface area contributed by atoms with E-state index >= 15 is 0 Å². The molecule has 3 aromatic rings. The van der Waals surface area contributed by atoms with Crippen LogP contribution in [-0.2, 0) is 4.74 Å². The van der Waals surface area contributed by atoms with Crippen LogP contribution < -0.4 is 4.74 Å². The van der Waals surface area contributed by atoms with E-state index in [4.69, 9.17) is 9.47 Å². The summed E-state index contributed by atoms with van der Waals surface area (Å²) < 4.78 is 10.5. The molecule has 0 saturated heterocycles. The summed E-state index contributed by atoms with van der Waals surface area (Å²) in [7, 11) is 1.66. The summed E-state index contributed by atoms with van der Waals surface area (Å²) in [4.78, 5) is 7.94. The first-order valence-electron chi connectivity index (χ1n) is 8.34. The second kappa shape index (κ2) is 8.31. The quantitative estimate of drug-likeness (QED) is 0.631. The van der Waals surface area contributed by atoms with Crippen molar-refractivity contribution in [3.63, 3.8) is 0 Å². The van der Waals surface area contributed by atoms with Crippen LogP contribution in [0.25, 0.3) is 28.7 Å². The molecule has 0 amide bonds. The first-order chi connectivity index (χ1) is 12.3. The number of ether oxygens (including phenoxy) is 2. The van der Waals surface area contributed by atoms with E-state index in [0.29, 0.717) is 6.61 Å². The highest BCUT2D eigenvalue weighted by atomic mass is 16.5. The maximum absolute atomic E-state index is 5.30. The Bertz CT molecular complexity index is 818. The monoisotopic (exact) mass is 334 g/mol. The Morgan fingerprint density at radius 1 is 1.00 bits per heavy atom. The van der Waals surface area contributed by atoms with Crippen molar-refractivity contribution in [2.45, 2.75) is 6.92 Å². The lowest BCUT2D eigenvalue weighted by molar-refractivity contribution is 0.178. The molecule has 0 saturated carbocycles. The normalized spacial score (nSPS) is 11.1. The second-order valence-corrected chi connectivity index (χ2v) is 5.55. The van der Waals surface area contributed by atoms with Crippen LogP contribution >= 0.6 is 0 Å². The molecule has 1 N–H and O–H groups in total. The summed E-state index contributed by atoms with van der Waals surface area (Å²) in [6, 6.07) is 16.2. The minimum atomic E-state index is 0.641. The van der Waals surface area contributed by atoms with Gasteiger partial charge in [-0.15, -0.1) is 0 Å². The molecule has 1 aromatic heterocycles. The van der Waals surface area contributed by atoms with Crippen LogP contribution in [0.1, 0.15) is 12.5 Å². The van der Waals surface area contributed by atoms with Gasteiger partial charge in [0.2, 0.25) is 0 Å². The van der Waals surface area contributed by atoms with Crippen LogP contribution in [0, 0.1) is 0 Å². The third kappa shape index (κ3) is 4.37. The smallest absolute Gasteiger partial charge is 0.138 e. The predicted molar refractivity (Wildman–Crippen MR) is 102 cm³/mol. The van der Waals surface area contributed by atoms with Gasteiger partial charge in [0.25, 0.3) is 0 Å². The topological polar surface area (TPSA) is 47.1 Å². The number of nitrogens with zero attached hydrogens (tertiary/aromatic N) is 1. The highest BCUT2D eigenvalue weighted by molar-refractivity contribution is 5.66. The maximum Gasteiger partial charge on any atom is 0.138 e. The fourth-order valence-electron chi connectivity index (χ4n) is 2.50. The minimum absolute atomic E-state index is 0.641. The Kier molecular flexibility index (Phi) is 5.65. The lowest BCUT2D eigenvalue weighted by Gasteiger charge is -2.01. The fourth-order valence-corrected chi connectivity index (χ4v) is 2.50. The number of imidazole rings is 1. The van der Waals surface area contributed by atoms with E-state index in [-0.39, 0.29) is 0 Å². The Morgan fingerprint density at radius 3 is 2.40 bits per heavy atom. The van der Waals surface area contributed by atoms with E-state index in [1.807, 2.05) is 43.5 Å². The van der Waals surface area contributed by atoms with Crippen molar-refractivity contribution < 1.29 is 9.47 Å². The highest BCUT2D eigenvalue weighted by Crippen LogP contribution is 2.24. The minimum Gasteiger partial charge on any atom is -0.497 e. The third-order valence-electron chi connectivity index (χ3n) is 3.88.